The molecule has 2 N–H and O–H groups in total. The highest BCUT2D eigenvalue weighted by molar-refractivity contribution is 6.32. The minimum absolute atomic E-state index is 0.00520. The number of hydrogen-bond donors (Lipinski definition) is 2. The number of anilines is 1. The van der Waals surface area contributed by atoms with Gasteiger partial charge in [-0.3, -0.25) is 28.9 Å². The average molecular weight is 685 g/mol. The standard InChI is InChI=1S/C38H34ClFN2O7/c39-23-10-7-11-24(19-23)42-35(47)28-20-27-25(14-15-26-32(27)36(48)41(34(26)46)17-6-2-5-12-31(44)45)33(21-13-16-30(43)29(40)18-21)38(28,37(42)49)22-8-3-1-4-9-22/h1,3-4,7-11,13-14,16,18-19,26-28,32-33,43H,2,5-6,12,15,17,20H2,(H,44,45)/t26-,27+,28-,32-,33-,38+/m0/s1. The molecule has 6 atom stereocenters. The highest BCUT2D eigenvalue weighted by atomic mass is 35.5. The number of carboxylic acid groups (broad SMARTS) is 1. The predicted molar refractivity (Wildman–Crippen MR) is 177 cm³/mol. The van der Waals surface area contributed by atoms with Crippen LogP contribution in [0.1, 0.15) is 55.6 Å². The van der Waals surface area contributed by atoms with Gasteiger partial charge in [0.05, 0.1) is 28.9 Å². The molecule has 11 heteroatoms. The first-order valence-corrected chi connectivity index (χ1v) is 16.9. The minimum Gasteiger partial charge on any atom is -0.505 e. The second kappa shape index (κ2) is 12.6. The molecule has 3 aromatic carbocycles. The summed E-state index contributed by atoms with van der Waals surface area (Å²) in [7, 11) is 0. The van der Waals surface area contributed by atoms with Gasteiger partial charge >= 0.3 is 5.97 Å². The third kappa shape index (κ3) is 5.15. The third-order valence-electron chi connectivity index (χ3n) is 10.8. The van der Waals surface area contributed by atoms with Crippen molar-refractivity contribution in [1.29, 1.82) is 0 Å². The summed E-state index contributed by atoms with van der Waals surface area (Å²) in [5, 5.41) is 19.4. The van der Waals surface area contributed by atoms with Crippen LogP contribution in [-0.2, 0) is 29.4 Å². The van der Waals surface area contributed by atoms with Gasteiger partial charge in [0.1, 0.15) is 0 Å². The number of halogens is 2. The molecule has 0 spiro atoms. The molecule has 2 aliphatic carbocycles. The lowest BCUT2D eigenvalue weighted by molar-refractivity contribution is -0.141. The number of aliphatic carboxylic acids is 1. The second-order valence-corrected chi connectivity index (χ2v) is 13.8. The van der Waals surface area contributed by atoms with E-state index >= 15 is 9.18 Å². The van der Waals surface area contributed by atoms with Crippen LogP contribution >= 0.6 is 11.6 Å². The van der Waals surface area contributed by atoms with Gasteiger partial charge in [0.2, 0.25) is 23.6 Å². The van der Waals surface area contributed by atoms with Crippen LogP contribution < -0.4 is 4.90 Å². The van der Waals surface area contributed by atoms with E-state index in [4.69, 9.17) is 16.7 Å². The summed E-state index contributed by atoms with van der Waals surface area (Å²) in [6.07, 6.45) is 3.66. The van der Waals surface area contributed by atoms with Crippen molar-refractivity contribution in [3.8, 4) is 5.75 Å². The molecule has 0 unspecified atom stereocenters. The quantitative estimate of drug-likeness (QED) is 0.161. The molecule has 0 bridgehead atoms. The Kier molecular flexibility index (Phi) is 8.39. The number of unbranched alkanes of at least 4 members (excludes halogenated alkanes) is 2. The molecule has 0 radical (unpaired) electrons. The molecular weight excluding hydrogens is 651 g/mol. The van der Waals surface area contributed by atoms with Crippen molar-refractivity contribution in [1.82, 2.24) is 4.90 Å². The van der Waals surface area contributed by atoms with Crippen LogP contribution in [0.25, 0.3) is 0 Å². The van der Waals surface area contributed by atoms with Crippen LogP contribution in [-0.4, -0.2) is 51.3 Å². The molecule has 49 heavy (non-hydrogen) atoms. The van der Waals surface area contributed by atoms with Crippen LogP contribution in [0.4, 0.5) is 10.1 Å². The van der Waals surface area contributed by atoms with E-state index in [0.29, 0.717) is 46.7 Å². The Balaban J connectivity index is 1.36. The number of imide groups is 2. The fourth-order valence-electron chi connectivity index (χ4n) is 8.83. The zero-order valence-electron chi connectivity index (χ0n) is 26.4. The lowest BCUT2D eigenvalue weighted by atomic mass is 9.49. The van der Waals surface area contributed by atoms with Crippen LogP contribution in [0.2, 0.25) is 5.02 Å². The number of likely N-dealkylation sites (tertiary alicyclic amines) is 1. The summed E-state index contributed by atoms with van der Waals surface area (Å²) >= 11 is 6.33. The van der Waals surface area contributed by atoms with Gasteiger partial charge in [-0.1, -0.05) is 72.1 Å². The maximum atomic E-state index is 15.2. The lowest BCUT2D eigenvalue weighted by Gasteiger charge is -2.50. The van der Waals surface area contributed by atoms with E-state index in [1.165, 1.54) is 17.0 Å². The first-order chi connectivity index (χ1) is 23.5. The number of fused-ring (bicyclic) bond motifs is 4. The number of phenols is 1. The van der Waals surface area contributed by atoms with E-state index in [0.717, 1.165) is 4.90 Å². The molecule has 4 amide bonds. The van der Waals surface area contributed by atoms with Gasteiger partial charge < -0.3 is 10.2 Å². The smallest absolute Gasteiger partial charge is 0.303 e. The highest BCUT2D eigenvalue weighted by Gasteiger charge is 2.70. The number of rotatable bonds is 9. The number of phenolic OH excluding ortho intramolecular Hbond substituents is 1. The first-order valence-electron chi connectivity index (χ1n) is 16.5. The zero-order chi connectivity index (χ0) is 34.6. The van der Waals surface area contributed by atoms with Gasteiger partial charge in [-0.15, -0.1) is 0 Å². The highest BCUT2D eigenvalue weighted by Crippen LogP contribution is 2.64. The molecule has 9 nitrogen and oxygen atoms in total. The molecule has 2 saturated heterocycles. The molecule has 2 heterocycles. The van der Waals surface area contributed by atoms with E-state index in [9.17, 15) is 24.3 Å². The number of carboxylic acids is 1. The Morgan fingerprint density at radius 3 is 2.39 bits per heavy atom. The SMILES string of the molecule is O=C(O)CCCCCN1C(=O)[C@H]2[C@H](CC=C3[C@H]2C[C@H]2C(=O)N(c4cccc(Cl)c4)C(=O)[C@@]2(c2ccccc2)[C@H]3c2ccc(O)c(F)c2)C1=O. The van der Waals surface area contributed by atoms with Crippen molar-refractivity contribution < 1.29 is 38.6 Å². The molecular formula is C38H34ClFN2O7. The van der Waals surface area contributed by atoms with Crippen molar-refractivity contribution >= 4 is 46.9 Å². The fourth-order valence-corrected chi connectivity index (χ4v) is 9.01. The van der Waals surface area contributed by atoms with Crippen molar-refractivity contribution in [2.75, 3.05) is 11.4 Å². The number of carbonyl (C=O) groups excluding carboxylic acids is 4. The van der Waals surface area contributed by atoms with Gasteiger partial charge in [0, 0.05) is 23.9 Å². The van der Waals surface area contributed by atoms with Gasteiger partial charge in [-0.25, -0.2) is 9.29 Å². The summed E-state index contributed by atoms with van der Waals surface area (Å²) in [4.78, 5) is 71.0. The van der Waals surface area contributed by atoms with Crippen molar-refractivity contribution in [3.05, 3.63) is 106 Å². The Morgan fingerprint density at radius 2 is 1.67 bits per heavy atom. The van der Waals surface area contributed by atoms with Gasteiger partial charge in [0.15, 0.2) is 11.6 Å². The normalized spacial score (nSPS) is 27.6. The number of benzene rings is 3. The predicted octanol–water partition coefficient (Wildman–Crippen LogP) is 5.99. The van der Waals surface area contributed by atoms with Gasteiger partial charge in [-0.05, 0) is 73.1 Å². The number of nitrogens with zero attached hydrogens (tertiary/aromatic N) is 2. The number of amides is 4. The van der Waals surface area contributed by atoms with Crippen molar-refractivity contribution in [2.45, 2.75) is 49.9 Å². The molecule has 1 saturated carbocycles. The zero-order valence-corrected chi connectivity index (χ0v) is 27.2. The number of carbonyl (C=O) groups is 5. The Bertz CT molecular complexity index is 1910. The van der Waals surface area contributed by atoms with Crippen LogP contribution in [0.3, 0.4) is 0 Å². The molecule has 3 fully saturated rings. The summed E-state index contributed by atoms with van der Waals surface area (Å²) in [6, 6.07) is 19.3. The fraction of sp³-hybridized carbons (Fsp3) is 0.342. The van der Waals surface area contributed by atoms with E-state index in [1.54, 1.807) is 60.7 Å². The molecule has 252 valence electrons. The van der Waals surface area contributed by atoms with E-state index in [2.05, 4.69) is 0 Å². The van der Waals surface area contributed by atoms with Crippen molar-refractivity contribution in [2.24, 2.45) is 23.7 Å². The minimum atomic E-state index is -1.55. The lowest BCUT2D eigenvalue weighted by Crippen LogP contribution is -2.53. The summed E-state index contributed by atoms with van der Waals surface area (Å²) in [5.74, 6) is -7.94. The Labute approximate surface area is 287 Å². The molecule has 0 aromatic heterocycles. The van der Waals surface area contributed by atoms with Crippen LogP contribution in [0, 0.1) is 29.5 Å². The Morgan fingerprint density at radius 1 is 0.898 bits per heavy atom. The second-order valence-electron chi connectivity index (χ2n) is 13.3. The van der Waals surface area contributed by atoms with E-state index in [-0.39, 0.29) is 37.6 Å². The average Bonchev–Trinajstić information content (AvgIpc) is 3.46. The van der Waals surface area contributed by atoms with Gasteiger partial charge in [-0.2, -0.15) is 0 Å². The molecule has 4 aliphatic rings. The summed E-state index contributed by atoms with van der Waals surface area (Å²) in [6.45, 7) is 0.163. The maximum absolute atomic E-state index is 15.2. The number of aromatic hydroxyl groups is 1. The first kappa shape index (κ1) is 32.7. The van der Waals surface area contributed by atoms with Crippen LogP contribution in [0.15, 0.2) is 84.4 Å². The number of allylic oxidation sites excluding steroid dienone is 2. The largest absolute Gasteiger partial charge is 0.505 e. The van der Waals surface area contributed by atoms with Crippen LogP contribution in [0.5, 0.6) is 5.75 Å². The molecule has 7 rings (SSSR count). The van der Waals surface area contributed by atoms with E-state index in [1.807, 2.05) is 6.08 Å². The maximum Gasteiger partial charge on any atom is 0.303 e. The molecule has 2 aliphatic heterocycles. The monoisotopic (exact) mass is 684 g/mol. The topological polar surface area (TPSA) is 132 Å². The van der Waals surface area contributed by atoms with Crippen molar-refractivity contribution in [3.63, 3.8) is 0 Å². The number of hydrogen-bond acceptors (Lipinski definition) is 6. The molecule has 3 aromatic rings. The third-order valence-corrected chi connectivity index (χ3v) is 11.1. The Hall–Kier alpha value is -4.83. The summed E-state index contributed by atoms with van der Waals surface area (Å²) in [5.41, 5.74) is 0.345. The van der Waals surface area contributed by atoms with Gasteiger partial charge in [0.25, 0.3) is 0 Å². The summed E-state index contributed by atoms with van der Waals surface area (Å²) < 4.78 is 15.2. The van der Waals surface area contributed by atoms with E-state index < -0.39 is 64.4 Å².